The molecule has 0 bridgehead atoms. The third-order valence-electron chi connectivity index (χ3n) is 1.60. The normalized spacial score (nSPS) is 10.4. The Morgan fingerprint density at radius 3 is 2.71 bits per heavy atom. The van der Waals surface area contributed by atoms with Crippen LogP contribution in [0.3, 0.4) is 0 Å². The Morgan fingerprint density at radius 2 is 2.00 bits per heavy atom. The number of rotatable bonds is 3. The summed E-state index contributed by atoms with van der Waals surface area (Å²) in [6.07, 6.45) is 3.17. The van der Waals surface area contributed by atoms with Gasteiger partial charge in [-0.15, -0.1) is 3.89 Å². The van der Waals surface area contributed by atoms with Crippen LogP contribution >= 0.6 is 24.1 Å². The van der Waals surface area contributed by atoms with Gasteiger partial charge in [0.15, 0.2) is 17.5 Å². The molecule has 72 valence electrons. The molecule has 0 N–H and O–H groups in total. The Balaban J connectivity index is 2.19. The van der Waals surface area contributed by atoms with E-state index in [9.17, 15) is 3.89 Å². The molecule has 0 aliphatic heterocycles. The zero-order chi connectivity index (χ0) is 9.80. The van der Waals surface area contributed by atoms with Crippen LogP contribution < -0.4 is 0 Å². The van der Waals surface area contributed by atoms with Crippen LogP contribution in [-0.2, 0) is 0 Å². The van der Waals surface area contributed by atoms with Crippen LogP contribution in [0.25, 0.3) is 0 Å². The van der Waals surface area contributed by atoms with E-state index in [0.717, 1.165) is 4.90 Å². The molecule has 0 aliphatic carbocycles. The summed E-state index contributed by atoms with van der Waals surface area (Å²) in [5, 5.41) is 0.642. The third kappa shape index (κ3) is 2.10. The van der Waals surface area contributed by atoms with E-state index in [0.29, 0.717) is 5.16 Å². The first-order valence-electron chi connectivity index (χ1n) is 3.95. The van der Waals surface area contributed by atoms with E-state index in [1.807, 2.05) is 30.3 Å². The van der Waals surface area contributed by atoms with E-state index in [1.165, 1.54) is 15.7 Å². The van der Waals surface area contributed by atoms with E-state index in [4.69, 9.17) is 0 Å². The van der Waals surface area contributed by atoms with Gasteiger partial charge in [-0.3, -0.25) is 0 Å². The van der Waals surface area contributed by atoms with Gasteiger partial charge in [-0.05, 0) is 12.1 Å². The summed E-state index contributed by atoms with van der Waals surface area (Å²) in [6, 6.07) is 9.76. The molecular weight excluding hydrogens is 219 g/mol. The number of imidazole rings is 1. The van der Waals surface area contributed by atoms with Gasteiger partial charge in [0.25, 0.3) is 0 Å². The number of benzene rings is 1. The largest absolute Gasteiger partial charge is 0.240 e. The highest BCUT2D eigenvalue weighted by atomic mass is 32.2. The van der Waals surface area contributed by atoms with Crippen molar-refractivity contribution >= 4 is 24.1 Å². The van der Waals surface area contributed by atoms with Gasteiger partial charge in [0.1, 0.15) is 0 Å². The van der Waals surface area contributed by atoms with Crippen molar-refractivity contribution < 1.29 is 3.89 Å². The second-order valence-corrected chi connectivity index (χ2v) is 4.09. The van der Waals surface area contributed by atoms with Crippen molar-refractivity contribution in [1.82, 2.24) is 8.96 Å². The molecule has 0 spiro atoms. The molecule has 1 heterocycles. The highest BCUT2D eigenvalue weighted by Crippen LogP contribution is 2.28. The smallest absolute Gasteiger partial charge is 0.185 e. The molecule has 0 atom stereocenters. The molecule has 1 aromatic heterocycles. The lowest BCUT2D eigenvalue weighted by Crippen LogP contribution is -1.84. The van der Waals surface area contributed by atoms with Crippen LogP contribution in [0.5, 0.6) is 0 Å². The predicted molar refractivity (Wildman–Crippen MR) is 56.9 cm³/mol. The van der Waals surface area contributed by atoms with Crippen molar-refractivity contribution in [2.45, 2.75) is 10.1 Å². The third-order valence-corrected chi connectivity index (χ3v) is 3.15. The molecule has 0 unspecified atom stereocenters. The molecule has 1 aromatic carbocycles. The Bertz CT molecular complexity index is 402. The lowest BCUT2D eigenvalue weighted by Gasteiger charge is -2.00. The summed E-state index contributed by atoms with van der Waals surface area (Å²) in [5.74, 6) is 0. The Hall–Kier alpha value is -0.940. The van der Waals surface area contributed by atoms with Crippen molar-refractivity contribution in [1.29, 1.82) is 0 Å². The standard InChI is InChI=1S/C9H7FN2S2/c10-14-12-7-6-11-9(12)13-8-4-2-1-3-5-8/h1-7H. The lowest BCUT2D eigenvalue weighted by atomic mass is 10.4. The van der Waals surface area contributed by atoms with Gasteiger partial charge < -0.3 is 0 Å². The average molecular weight is 226 g/mol. The minimum Gasteiger partial charge on any atom is -0.240 e. The molecule has 0 fully saturated rings. The van der Waals surface area contributed by atoms with Gasteiger partial charge in [-0.1, -0.05) is 30.0 Å². The van der Waals surface area contributed by atoms with Crippen molar-refractivity contribution in [2.24, 2.45) is 0 Å². The maximum Gasteiger partial charge on any atom is 0.185 e. The summed E-state index contributed by atoms with van der Waals surface area (Å²) >= 11 is 1.59. The molecule has 14 heavy (non-hydrogen) atoms. The van der Waals surface area contributed by atoms with Gasteiger partial charge in [0.2, 0.25) is 0 Å². The van der Waals surface area contributed by atoms with Crippen molar-refractivity contribution in [3.05, 3.63) is 42.7 Å². The maximum absolute atomic E-state index is 12.3. The zero-order valence-electron chi connectivity index (χ0n) is 7.13. The number of nitrogens with zero attached hydrogens (tertiary/aromatic N) is 2. The van der Waals surface area contributed by atoms with Gasteiger partial charge in [0, 0.05) is 17.3 Å². The van der Waals surface area contributed by atoms with Gasteiger partial charge in [-0.2, -0.15) is 0 Å². The highest BCUT2D eigenvalue weighted by Gasteiger charge is 2.04. The van der Waals surface area contributed by atoms with E-state index in [1.54, 1.807) is 12.4 Å². The van der Waals surface area contributed by atoms with E-state index >= 15 is 0 Å². The first-order valence-corrected chi connectivity index (χ1v) is 5.44. The number of hydrogen-bond acceptors (Lipinski definition) is 3. The van der Waals surface area contributed by atoms with Gasteiger partial charge in [-0.25, -0.2) is 8.96 Å². The van der Waals surface area contributed by atoms with Gasteiger partial charge >= 0.3 is 0 Å². The van der Waals surface area contributed by atoms with Gasteiger partial charge in [0.05, 0.1) is 0 Å². The fourth-order valence-corrected chi connectivity index (χ4v) is 2.17. The molecular formula is C9H7FN2S2. The predicted octanol–water partition coefficient (Wildman–Crippen LogP) is 3.42. The fourth-order valence-electron chi connectivity index (χ4n) is 0.996. The first kappa shape index (κ1) is 9.61. The molecule has 2 nitrogen and oxygen atoms in total. The molecule has 5 heteroatoms. The SMILES string of the molecule is FSn1ccnc1Sc1ccccc1. The Kier molecular flexibility index (Phi) is 3.10. The molecule has 0 aliphatic rings. The Labute approximate surface area is 90.0 Å². The monoisotopic (exact) mass is 226 g/mol. The molecule has 0 saturated carbocycles. The minimum atomic E-state index is 0.155. The van der Waals surface area contributed by atoms with Crippen LogP contribution in [0, 0.1) is 0 Å². The maximum atomic E-state index is 12.3. The highest BCUT2D eigenvalue weighted by molar-refractivity contribution is 8.00. The summed E-state index contributed by atoms with van der Waals surface area (Å²) in [7, 11) is 0. The second-order valence-electron chi connectivity index (χ2n) is 2.52. The molecule has 0 amide bonds. The second kappa shape index (κ2) is 4.52. The summed E-state index contributed by atoms with van der Waals surface area (Å²) < 4.78 is 13.7. The van der Waals surface area contributed by atoms with Crippen molar-refractivity contribution in [3.8, 4) is 0 Å². The lowest BCUT2D eigenvalue weighted by molar-refractivity contribution is 0.884. The molecule has 0 radical (unpaired) electrons. The summed E-state index contributed by atoms with van der Waals surface area (Å²) in [4.78, 5) is 5.10. The minimum absolute atomic E-state index is 0.155. The Morgan fingerprint density at radius 1 is 1.21 bits per heavy atom. The molecule has 2 aromatic rings. The van der Waals surface area contributed by atoms with E-state index in [-0.39, 0.29) is 12.3 Å². The van der Waals surface area contributed by atoms with E-state index < -0.39 is 0 Å². The van der Waals surface area contributed by atoms with E-state index in [2.05, 4.69) is 4.98 Å². The summed E-state index contributed by atoms with van der Waals surface area (Å²) in [6.45, 7) is 0. The van der Waals surface area contributed by atoms with Crippen LogP contribution in [0.15, 0.2) is 52.8 Å². The number of halogens is 1. The quantitative estimate of drug-likeness (QED) is 0.798. The van der Waals surface area contributed by atoms with Crippen molar-refractivity contribution in [3.63, 3.8) is 0 Å². The number of hydrogen-bond donors (Lipinski definition) is 0. The summed E-state index contributed by atoms with van der Waals surface area (Å²) in [5.41, 5.74) is 0. The van der Waals surface area contributed by atoms with Crippen LogP contribution in [0.2, 0.25) is 0 Å². The first-order chi connectivity index (χ1) is 6.90. The van der Waals surface area contributed by atoms with Crippen molar-refractivity contribution in [2.75, 3.05) is 0 Å². The topological polar surface area (TPSA) is 17.8 Å². The van der Waals surface area contributed by atoms with Crippen LogP contribution in [0.1, 0.15) is 0 Å². The average Bonchev–Trinajstić information content (AvgIpc) is 2.67. The zero-order valence-corrected chi connectivity index (χ0v) is 8.76. The number of aromatic nitrogens is 2. The fraction of sp³-hybridized carbons (Fsp3) is 0. The molecule has 0 saturated heterocycles. The van der Waals surface area contributed by atoms with Crippen LogP contribution in [-0.4, -0.2) is 8.96 Å². The van der Waals surface area contributed by atoms with Crippen LogP contribution in [0.4, 0.5) is 3.89 Å². The molecule has 2 rings (SSSR count).